The summed E-state index contributed by atoms with van der Waals surface area (Å²) in [4.78, 5) is 11.5. The van der Waals surface area contributed by atoms with E-state index >= 15 is 0 Å². The van der Waals surface area contributed by atoms with Gasteiger partial charge in [0.1, 0.15) is 5.75 Å². The second-order valence-electron chi connectivity index (χ2n) is 2.86. The molecular weight excluding hydrogens is 237 g/mol. The topological polar surface area (TPSA) is 49.3 Å². The van der Waals surface area contributed by atoms with Crippen molar-refractivity contribution in [3.63, 3.8) is 0 Å². The molecule has 0 bridgehead atoms. The summed E-state index contributed by atoms with van der Waals surface area (Å²) in [6.45, 7) is 3.59. The van der Waals surface area contributed by atoms with Crippen LogP contribution in [0, 0.1) is 0 Å². The lowest BCUT2D eigenvalue weighted by Gasteiger charge is -2.05. The molecule has 0 aromatic heterocycles. The largest absolute Gasteiger partial charge is 0.508 e. The van der Waals surface area contributed by atoms with Crippen molar-refractivity contribution in [1.82, 2.24) is 5.32 Å². The van der Waals surface area contributed by atoms with Gasteiger partial charge in [-0.05, 0) is 18.2 Å². The summed E-state index contributed by atoms with van der Waals surface area (Å²) in [7, 11) is 0. The lowest BCUT2D eigenvalue weighted by molar-refractivity contribution is 0.0957. The molecule has 0 unspecified atom stereocenters. The Morgan fingerprint density at radius 3 is 2.80 bits per heavy atom. The first-order valence-electron chi connectivity index (χ1n) is 4.10. The standard InChI is InChI=1S/C10H9Cl2NO2/c1-6(11)5-13-10(15)8-4-7(14)2-3-9(8)12/h2-4,14H,1,5H2,(H,13,15). The van der Waals surface area contributed by atoms with E-state index in [9.17, 15) is 9.90 Å². The second-order valence-corrected chi connectivity index (χ2v) is 3.81. The van der Waals surface area contributed by atoms with Crippen LogP contribution in [-0.2, 0) is 0 Å². The quantitative estimate of drug-likeness (QED) is 0.860. The molecule has 0 fully saturated rings. The highest BCUT2D eigenvalue weighted by atomic mass is 35.5. The molecule has 3 nitrogen and oxygen atoms in total. The minimum atomic E-state index is -0.405. The van der Waals surface area contributed by atoms with Gasteiger partial charge < -0.3 is 10.4 Å². The van der Waals surface area contributed by atoms with Crippen molar-refractivity contribution in [2.45, 2.75) is 0 Å². The Bertz CT molecular complexity index is 404. The van der Waals surface area contributed by atoms with E-state index in [-0.39, 0.29) is 22.9 Å². The predicted molar refractivity (Wildman–Crippen MR) is 60.4 cm³/mol. The van der Waals surface area contributed by atoms with Crippen molar-refractivity contribution in [2.75, 3.05) is 6.54 Å². The van der Waals surface area contributed by atoms with Gasteiger partial charge in [0.25, 0.3) is 5.91 Å². The fraction of sp³-hybridized carbons (Fsp3) is 0.100. The van der Waals surface area contributed by atoms with Crippen molar-refractivity contribution in [1.29, 1.82) is 0 Å². The Morgan fingerprint density at radius 1 is 1.53 bits per heavy atom. The molecule has 0 atom stereocenters. The summed E-state index contributed by atoms with van der Waals surface area (Å²) in [5.74, 6) is -0.424. The molecule has 15 heavy (non-hydrogen) atoms. The Balaban J connectivity index is 2.81. The number of benzene rings is 1. The van der Waals surface area contributed by atoms with Gasteiger partial charge in [0, 0.05) is 5.03 Å². The zero-order valence-electron chi connectivity index (χ0n) is 7.76. The van der Waals surface area contributed by atoms with Gasteiger partial charge in [-0.2, -0.15) is 0 Å². The minimum absolute atomic E-state index is 0.0192. The lowest BCUT2D eigenvalue weighted by atomic mass is 10.2. The molecule has 0 aliphatic carbocycles. The minimum Gasteiger partial charge on any atom is -0.508 e. The summed E-state index contributed by atoms with van der Waals surface area (Å²) in [5, 5.41) is 12.3. The van der Waals surface area contributed by atoms with Crippen LogP contribution in [0.15, 0.2) is 29.8 Å². The van der Waals surface area contributed by atoms with Crippen molar-refractivity contribution in [2.24, 2.45) is 0 Å². The Kier molecular flexibility index (Phi) is 4.00. The number of aromatic hydroxyl groups is 1. The van der Waals surface area contributed by atoms with Crippen LogP contribution in [0.3, 0.4) is 0 Å². The van der Waals surface area contributed by atoms with Gasteiger partial charge in [-0.15, -0.1) is 0 Å². The van der Waals surface area contributed by atoms with Crippen molar-refractivity contribution >= 4 is 29.1 Å². The first kappa shape index (κ1) is 11.9. The van der Waals surface area contributed by atoms with E-state index in [0.29, 0.717) is 5.03 Å². The SMILES string of the molecule is C=C(Cl)CNC(=O)c1cc(O)ccc1Cl. The van der Waals surface area contributed by atoms with Gasteiger partial charge >= 0.3 is 0 Å². The molecule has 1 aromatic rings. The summed E-state index contributed by atoms with van der Waals surface area (Å²) < 4.78 is 0. The van der Waals surface area contributed by atoms with Gasteiger partial charge in [-0.1, -0.05) is 29.8 Å². The third-order valence-corrected chi connectivity index (χ3v) is 2.10. The fourth-order valence-electron chi connectivity index (χ4n) is 0.959. The number of hydrogen-bond donors (Lipinski definition) is 2. The van der Waals surface area contributed by atoms with Crippen LogP contribution < -0.4 is 5.32 Å². The lowest BCUT2D eigenvalue weighted by Crippen LogP contribution is -2.24. The number of rotatable bonds is 3. The average Bonchev–Trinajstić information content (AvgIpc) is 2.18. The molecule has 0 heterocycles. The second kappa shape index (κ2) is 5.05. The van der Waals surface area contributed by atoms with E-state index in [4.69, 9.17) is 23.2 Å². The molecule has 5 heteroatoms. The van der Waals surface area contributed by atoms with E-state index < -0.39 is 5.91 Å². The number of halogens is 2. The summed E-state index contributed by atoms with van der Waals surface area (Å²) in [6, 6.07) is 4.13. The summed E-state index contributed by atoms with van der Waals surface area (Å²) >= 11 is 11.3. The Hall–Kier alpha value is -1.19. The van der Waals surface area contributed by atoms with Gasteiger partial charge in [-0.25, -0.2) is 0 Å². The highest BCUT2D eigenvalue weighted by molar-refractivity contribution is 6.34. The molecule has 1 amide bonds. The number of phenols is 1. The number of phenolic OH excluding ortho intramolecular Hbond substituents is 1. The number of carbonyl (C=O) groups excluding carboxylic acids is 1. The van der Waals surface area contributed by atoms with Crippen LogP contribution in [0.4, 0.5) is 0 Å². The van der Waals surface area contributed by atoms with E-state index in [1.165, 1.54) is 18.2 Å². The fourth-order valence-corrected chi connectivity index (χ4v) is 1.23. The number of amides is 1. The Labute approximate surface area is 97.3 Å². The maximum Gasteiger partial charge on any atom is 0.253 e. The molecule has 0 saturated heterocycles. The van der Waals surface area contributed by atoms with Gasteiger partial charge in [0.2, 0.25) is 0 Å². The summed E-state index contributed by atoms with van der Waals surface area (Å²) in [5.41, 5.74) is 0.203. The zero-order valence-corrected chi connectivity index (χ0v) is 9.27. The van der Waals surface area contributed by atoms with E-state index in [1.54, 1.807) is 0 Å². The highest BCUT2D eigenvalue weighted by Crippen LogP contribution is 2.20. The number of hydrogen-bond acceptors (Lipinski definition) is 2. The van der Waals surface area contributed by atoms with Crippen LogP contribution in [0.25, 0.3) is 0 Å². The molecule has 0 saturated carbocycles. The van der Waals surface area contributed by atoms with Gasteiger partial charge in [0.05, 0.1) is 17.1 Å². The maximum absolute atomic E-state index is 11.5. The third kappa shape index (κ3) is 3.46. The summed E-state index contributed by atoms with van der Waals surface area (Å²) in [6.07, 6.45) is 0. The molecule has 1 aromatic carbocycles. The molecule has 0 aliphatic heterocycles. The van der Waals surface area contributed by atoms with Crippen LogP contribution in [0.2, 0.25) is 5.02 Å². The first-order chi connectivity index (χ1) is 7.00. The molecule has 1 rings (SSSR count). The molecule has 0 aliphatic rings. The smallest absolute Gasteiger partial charge is 0.253 e. The van der Waals surface area contributed by atoms with Gasteiger partial charge in [0.15, 0.2) is 0 Å². The van der Waals surface area contributed by atoms with Crippen LogP contribution in [0.5, 0.6) is 5.75 Å². The van der Waals surface area contributed by atoms with Crippen LogP contribution in [-0.4, -0.2) is 17.6 Å². The highest BCUT2D eigenvalue weighted by Gasteiger charge is 2.10. The van der Waals surface area contributed by atoms with Crippen LogP contribution >= 0.6 is 23.2 Å². The molecule has 80 valence electrons. The van der Waals surface area contributed by atoms with E-state index in [2.05, 4.69) is 11.9 Å². The molecular formula is C10H9Cl2NO2. The predicted octanol–water partition coefficient (Wildman–Crippen LogP) is 2.53. The normalized spacial score (nSPS) is 9.73. The monoisotopic (exact) mass is 245 g/mol. The van der Waals surface area contributed by atoms with E-state index in [0.717, 1.165) is 0 Å². The van der Waals surface area contributed by atoms with Crippen molar-refractivity contribution in [3.05, 3.63) is 40.4 Å². The number of carbonyl (C=O) groups is 1. The van der Waals surface area contributed by atoms with Crippen molar-refractivity contribution < 1.29 is 9.90 Å². The van der Waals surface area contributed by atoms with E-state index in [1.807, 2.05) is 0 Å². The molecule has 0 radical (unpaired) electrons. The van der Waals surface area contributed by atoms with Gasteiger partial charge in [-0.3, -0.25) is 4.79 Å². The molecule has 0 spiro atoms. The Morgan fingerprint density at radius 2 is 2.20 bits per heavy atom. The van der Waals surface area contributed by atoms with Crippen LogP contribution in [0.1, 0.15) is 10.4 Å². The van der Waals surface area contributed by atoms with Crippen molar-refractivity contribution in [3.8, 4) is 5.75 Å². The number of nitrogens with one attached hydrogen (secondary N) is 1. The maximum atomic E-state index is 11.5. The first-order valence-corrected chi connectivity index (χ1v) is 4.86. The molecule has 2 N–H and O–H groups in total. The third-order valence-electron chi connectivity index (χ3n) is 1.64. The zero-order chi connectivity index (χ0) is 11.4. The average molecular weight is 246 g/mol.